The summed E-state index contributed by atoms with van der Waals surface area (Å²) in [5.74, 6) is 0.851. The molecule has 1 saturated carbocycles. The average Bonchev–Trinajstić information content (AvgIpc) is 2.33. The van der Waals surface area contributed by atoms with E-state index in [1.165, 1.54) is 24.8 Å². The zero-order valence-electron chi connectivity index (χ0n) is 11.6. The van der Waals surface area contributed by atoms with E-state index in [0.717, 1.165) is 12.0 Å². The van der Waals surface area contributed by atoms with Gasteiger partial charge in [-0.2, -0.15) is 0 Å². The predicted octanol–water partition coefficient (Wildman–Crippen LogP) is 4.36. The van der Waals surface area contributed by atoms with Crippen LogP contribution in [0.15, 0.2) is 24.3 Å². The van der Waals surface area contributed by atoms with Gasteiger partial charge in [0.15, 0.2) is 5.78 Å². The lowest BCUT2D eigenvalue weighted by atomic mass is 9.50. The zero-order valence-corrected chi connectivity index (χ0v) is 11.6. The van der Waals surface area contributed by atoms with Crippen molar-refractivity contribution in [1.82, 2.24) is 0 Å². The van der Waals surface area contributed by atoms with Crippen molar-refractivity contribution in [1.29, 1.82) is 0 Å². The average molecular weight is 242 g/mol. The first-order chi connectivity index (χ1) is 8.45. The van der Waals surface area contributed by atoms with Crippen LogP contribution in [0.2, 0.25) is 0 Å². The summed E-state index contributed by atoms with van der Waals surface area (Å²) in [6.07, 6.45) is 4.50. The van der Waals surface area contributed by atoms with E-state index in [0.29, 0.717) is 11.7 Å². The van der Waals surface area contributed by atoms with Gasteiger partial charge in [0.05, 0.1) is 0 Å². The number of rotatable bonds is 0. The van der Waals surface area contributed by atoms with E-state index < -0.39 is 0 Å². The number of Topliss-reactive ketones (excluding diaryl/α,β-unsaturated/α-hetero) is 1. The van der Waals surface area contributed by atoms with Gasteiger partial charge in [0.25, 0.3) is 0 Å². The Balaban J connectivity index is 2.18. The van der Waals surface area contributed by atoms with E-state index in [1.54, 1.807) is 0 Å². The highest BCUT2D eigenvalue weighted by atomic mass is 16.1. The molecule has 1 fully saturated rings. The van der Waals surface area contributed by atoms with Crippen LogP contribution >= 0.6 is 0 Å². The smallest absolute Gasteiger partial charge is 0.163 e. The van der Waals surface area contributed by atoms with E-state index in [1.807, 2.05) is 12.1 Å². The van der Waals surface area contributed by atoms with Crippen LogP contribution in [0.3, 0.4) is 0 Å². The third-order valence-corrected chi connectivity index (χ3v) is 5.46. The first-order valence-corrected chi connectivity index (χ1v) is 7.08. The van der Waals surface area contributed by atoms with Gasteiger partial charge in [-0.15, -0.1) is 0 Å². The van der Waals surface area contributed by atoms with Crippen molar-refractivity contribution in [2.45, 2.75) is 51.9 Å². The second-order valence-corrected chi connectivity index (χ2v) is 6.99. The van der Waals surface area contributed by atoms with Crippen molar-refractivity contribution >= 4 is 5.78 Å². The molecule has 0 aromatic heterocycles. The maximum atomic E-state index is 12.4. The molecule has 1 unspecified atom stereocenters. The number of hydrogen-bond acceptors (Lipinski definition) is 1. The van der Waals surface area contributed by atoms with Crippen LogP contribution in [0, 0.1) is 11.3 Å². The van der Waals surface area contributed by atoms with E-state index in [2.05, 4.69) is 32.9 Å². The van der Waals surface area contributed by atoms with Gasteiger partial charge in [-0.25, -0.2) is 0 Å². The maximum Gasteiger partial charge on any atom is 0.163 e. The molecule has 0 radical (unpaired) electrons. The minimum Gasteiger partial charge on any atom is -0.294 e. The molecule has 2 aliphatic carbocycles. The quantitative estimate of drug-likeness (QED) is 0.660. The van der Waals surface area contributed by atoms with Crippen molar-refractivity contribution in [2.75, 3.05) is 0 Å². The first-order valence-electron chi connectivity index (χ1n) is 7.08. The van der Waals surface area contributed by atoms with Gasteiger partial charge in [-0.1, -0.05) is 51.5 Å². The summed E-state index contributed by atoms with van der Waals surface area (Å²) in [7, 11) is 0. The molecule has 18 heavy (non-hydrogen) atoms. The minimum atomic E-state index is 0.201. The Morgan fingerprint density at radius 1 is 1.11 bits per heavy atom. The summed E-state index contributed by atoms with van der Waals surface area (Å²) >= 11 is 0. The molecule has 0 saturated heterocycles. The Hall–Kier alpha value is -1.11. The van der Waals surface area contributed by atoms with Crippen molar-refractivity contribution in [3.05, 3.63) is 35.4 Å². The summed E-state index contributed by atoms with van der Waals surface area (Å²) in [4.78, 5) is 12.4. The lowest BCUT2D eigenvalue weighted by molar-refractivity contribution is 0.0369. The van der Waals surface area contributed by atoms with Crippen LogP contribution in [0.4, 0.5) is 0 Å². The minimum absolute atomic E-state index is 0.201. The Morgan fingerprint density at radius 3 is 2.61 bits per heavy atom. The molecule has 0 bridgehead atoms. The Morgan fingerprint density at radius 2 is 1.83 bits per heavy atom. The number of hydrogen-bond donors (Lipinski definition) is 0. The van der Waals surface area contributed by atoms with Gasteiger partial charge in [0.1, 0.15) is 0 Å². The van der Waals surface area contributed by atoms with Crippen molar-refractivity contribution in [3.8, 4) is 0 Å². The summed E-state index contributed by atoms with van der Waals surface area (Å²) in [5, 5.41) is 0. The lowest BCUT2D eigenvalue weighted by Crippen LogP contribution is -2.49. The molecule has 0 aliphatic heterocycles. The second kappa shape index (κ2) is 3.69. The summed E-state index contributed by atoms with van der Waals surface area (Å²) in [6.45, 7) is 7.07. The van der Waals surface area contributed by atoms with Crippen LogP contribution in [-0.2, 0) is 5.41 Å². The van der Waals surface area contributed by atoms with Crippen LogP contribution in [-0.4, -0.2) is 5.78 Å². The third-order valence-electron chi connectivity index (χ3n) is 5.46. The van der Waals surface area contributed by atoms with Gasteiger partial charge in [0, 0.05) is 12.0 Å². The zero-order chi connectivity index (χ0) is 13.0. The lowest BCUT2D eigenvalue weighted by Gasteiger charge is -2.53. The number of carbonyl (C=O) groups excluding carboxylic acids is 1. The van der Waals surface area contributed by atoms with E-state index in [-0.39, 0.29) is 10.8 Å². The molecule has 3 rings (SSSR count). The second-order valence-electron chi connectivity index (χ2n) is 6.99. The normalized spacial score (nSPS) is 33.7. The Kier molecular flexibility index (Phi) is 2.45. The topological polar surface area (TPSA) is 17.1 Å². The molecular formula is C17H22O. The molecule has 0 heterocycles. The summed E-state index contributed by atoms with van der Waals surface area (Å²) < 4.78 is 0. The molecule has 2 atom stereocenters. The molecule has 96 valence electrons. The summed E-state index contributed by atoms with van der Waals surface area (Å²) in [6, 6.07) is 8.28. The fourth-order valence-electron chi connectivity index (χ4n) is 4.47. The SMILES string of the molecule is CC1(C)CCC[C@]2(C)c3ccccc3C(=O)CC12. The fraction of sp³-hybridized carbons (Fsp3) is 0.588. The number of benzene rings is 1. The molecule has 1 heteroatoms. The van der Waals surface area contributed by atoms with Crippen LogP contribution in [0.25, 0.3) is 0 Å². The molecule has 1 nitrogen and oxygen atoms in total. The molecule has 1 aromatic rings. The third kappa shape index (κ3) is 1.49. The Bertz CT molecular complexity index is 500. The Labute approximate surface area is 110 Å². The first kappa shape index (κ1) is 12.0. The van der Waals surface area contributed by atoms with E-state index in [4.69, 9.17) is 0 Å². The maximum absolute atomic E-state index is 12.4. The predicted molar refractivity (Wildman–Crippen MR) is 73.9 cm³/mol. The van der Waals surface area contributed by atoms with E-state index in [9.17, 15) is 4.79 Å². The highest BCUT2D eigenvalue weighted by Gasteiger charge is 2.51. The van der Waals surface area contributed by atoms with Gasteiger partial charge in [-0.3, -0.25) is 4.79 Å². The van der Waals surface area contributed by atoms with Crippen molar-refractivity contribution in [2.24, 2.45) is 11.3 Å². The van der Waals surface area contributed by atoms with Gasteiger partial charge in [-0.05, 0) is 35.2 Å². The highest BCUT2D eigenvalue weighted by Crippen LogP contribution is 2.56. The number of ketones is 1. The molecule has 0 N–H and O–H groups in total. The molecule has 0 amide bonds. The van der Waals surface area contributed by atoms with Crippen molar-refractivity contribution in [3.63, 3.8) is 0 Å². The fourth-order valence-corrected chi connectivity index (χ4v) is 4.47. The highest BCUT2D eigenvalue weighted by molar-refractivity contribution is 5.99. The molecular weight excluding hydrogens is 220 g/mol. The van der Waals surface area contributed by atoms with Crippen LogP contribution in [0.5, 0.6) is 0 Å². The van der Waals surface area contributed by atoms with Crippen LogP contribution in [0.1, 0.15) is 62.4 Å². The number of fused-ring (bicyclic) bond motifs is 3. The van der Waals surface area contributed by atoms with Gasteiger partial charge >= 0.3 is 0 Å². The van der Waals surface area contributed by atoms with E-state index >= 15 is 0 Å². The monoisotopic (exact) mass is 242 g/mol. The molecule has 1 aromatic carbocycles. The number of carbonyl (C=O) groups is 1. The molecule has 0 spiro atoms. The van der Waals surface area contributed by atoms with Crippen molar-refractivity contribution < 1.29 is 4.79 Å². The largest absolute Gasteiger partial charge is 0.294 e. The summed E-state index contributed by atoms with van der Waals surface area (Å²) in [5.41, 5.74) is 2.77. The van der Waals surface area contributed by atoms with Gasteiger partial charge < -0.3 is 0 Å². The van der Waals surface area contributed by atoms with Gasteiger partial charge in [0.2, 0.25) is 0 Å². The van der Waals surface area contributed by atoms with Crippen LogP contribution < -0.4 is 0 Å². The standard InChI is InChI=1S/C17H22O/c1-16(2)9-6-10-17(3)13-8-5-4-7-12(13)14(18)11-15(16)17/h4-5,7-8,15H,6,9-11H2,1-3H3/t15?,17-/m1/s1. The molecule has 2 aliphatic rings.